The summed E-state index contributed by atoms with van der Waals surface area (Å²) < 4.78 is 0. The maximum atomic E-state index is 14.4. The molecule has 1 rings (SSSR count). The number of nitrogens with two attached hydrogens (primary N) is 1. The van der Waals surface area contributed by atoms with Gasteiger partial charge in [-0.15, -0.1) is 0 Å². The standard InChI is InChI=1S/C40H73N3O2/c1-9-17-21-32(13-5)28-42(29-33(14-6)22-18-10-2)39(44)36-25-26-38(41)37(27-36)40(45)43(30-34(15-7)23-19-11-3)31-35(16-8)24-20-12-4/h25-27,32-35H,9-24,28-31,41H2,1-8H3. The van der Waals surface area contributed by atoms with Crippen LogP contribution in [-0.2, 0) is 0 Å². The molecule has 0 spiro atoms. The zero-order chi connectivity index (χ0) is 33.6. The van der Waals surface area contributed by atoms with Crippen LogP contribution in [0.1, 0.15) is 179 Å². The monoisotopic (exact) mass is 628 g/mol. The molecule has 0 saturated carbocycles. The predicted molar refractivity (Wildman–Crippen MR) is 196 cm³/mol. The maximum absolute atomic E-state index is 14.4. The van der Waals surface area contributed by atoms with Crippen molar-refractivity contribution in [2.75, 3.05) is 31.9 Å². The SMILES string of the molecule is CCCCC(CC)CN(CC(CC)CCCC)C(=O)c1ccc(N)c(C(=O)N(CC(CC)CCCC)CC(CC)CCCC)c1. The average molecular weight is 628 g/mol. The van der Waals surface area contributed by atoms with Gasteiger partial charge in [-0.3, -0.25) is 9.59 Å². The Morgan fingerprint density at radius 2 is 0.889 bits per heavy atom. The number of benzene rings is 1. The van der Waals surface area contributed by atoms with Crippen LogP contribution in [0.5, 0.6) is 0 Å². The van der Waals surface area contributed by atoms with Gasteiger partial charge >= 0.3 is 0 Å². The fraction of sp³-hybridized carbons (Fsp3) is 0.800. The predicted octanol–water partition coefficient (Wildman–Crippen LogP) is 11.0. The molecule has 0 aliphatic heterocycles. The van der Waals surface area contributed by atoms with Crippen LogP contribution in [-0.4, -0.2) is 47.8 Å². The molecule has 1 aromatic carbocycles. The Hall–Kier alpha value is -2.04. The number of nitrogens with zero attached hydrogens (tertiary/aromatic N) is 2. The van der Waals surface area contributed by atoms with Gasteiger partial charge in [-0.25, -0.2) is 0 Å². The smallest absolute Gasteiger partial charge is 0.255 e. The molecule has 0 heterocycles. The molecule has 45 heavy (non-hydrogen) atoms. The van der Waals surface area contributed by atoms with Crippen LogP contribution < -0.4 is 5.73 Å². The van der Waals surface area contributed by atoms with Gasteiger partial charge in [-0.05, 0) is 67.6 Å². The lowest BCUT2D eigenvalue weighted by Gasteiger charge is -2.32. The summed E-state index contributed by atoms with van der Waals surface area (Å²) in [6.07, 6.45) is 18.3. The van der Waals surface area contributed by atoms with Gasteiger partial charge in [0.05, 0.1) is 5.56 Å². The summed E-state index contributed by atoms with van der Waals surface area (Å²) in [6.45, 7) is 21.0. The highest BCUT2D eigenvalue weighted by Crippen LogP contribution is 2.26. The van der Waals surface area contributed by atoms with E-state index < -0.39 is 0 Å². The molecular weight excluding hydrogens is 554 g/mol. The Kier molecular flexibility index (Phi) is 22.0. The van der Waals surface area contributed by atoms with Crippen LogP contribution in [0.2, 0.25) is 0 Å². The number of carbonyl (C=O) groups excluding carboxylic acids is 2. The summed E-state index contributed by atoms with van der Waals surface area (Å²) in [5.74, 6) is 1.97. The highest BCUT2D eigenvalue weighted by Gasteiger charge is 2.27. The summed E-state index contributed by atoms with van der Waals surface area (Å²) in [5, 5.41) is 0. The van der Waals surface area contributed by atoms with Crippen LogP contribution >= 0.6 is 0 Å². The number of rotatable bonds is 26. The molecule has 5 nitrogen and oxygen atoms in total. The minimum atomic E-state index is -0.0117. The number of amides is 2. The van der Waals surface area contributed by atoms with Crippen LogP contribution in [0.15, 0.2) is 18.2 Å². The van der Waals surface area contributed by atoms with E-state index in [1.54, 1.807) is 6.07 Å². The highest BCUT2D eigenvalue weighted by molar-refractivity contribution is 6.03. The van der Waals surface area contributed by atoms with Crippen molar-refractivity contribution in [3.8, 4) is 0 Å². The van der Waals surface area contributed by atoms with Crippen LogP contribution in [0, 0.1) is 23.7 Å². The Morgan fingerprint density at radius 3 is 1.20 bits per heavy atom. The number of unbranched alkanes of at least 4 members (excludes halogenated alkanes) is 4. The fourth-order valence-corrected chi connectivity index (χ4v) is 6.62. The first kappa shape index (κ1) is 41.0. The third-order valence-corrected chi connectivity index (χ3v) is 10.2. The number of hydrogen-bond acceptors (Lipinski definition) is 3. The zero-order valence-corrected chi connectivity index (χ0v) is 31.0. The molecule has 4 unspecified atom stereocenters. The average Bonchev–Trinajstić information content (AvgIpc) is 3.06. The normalized spacial score (nSPS) is 14.1. The van der Waals surface area contributed by atoms with Crippen LogP contribution in [0.25, 0.3) is 0 Å². The molecule has 5 heteroatoms. The van der Waals surface area contributed by atoms with E-state index in [9.17, 15) is 9.59 Å². The molecule has 0 aromatic heterocycles. The van der Waals surface area contributed by atoms with Gasteiger partial charge in [-0.1, -0.05) is 132 Å². The highest BCUT2D eigenvalue weighted by atomic mass is 16.2. The van der Waals surface area contributed by atoms with E-state index in [0.717, 1.165) is 77.5 Å². The van der Waals surface area contributed by atoms with Crippen molar-refractivity contribution < 1.29 is 9.59 Å². The second kappa shape index (κ2) is 24.2. The number of anilines is 1. The third kappa shape index (κ3) is 14.9. The van der Waals surface area contributed by atoms with Crippen molar-refractivity contribution in [3.63, 3.8) is 0 Å². The molecule has 0 saturated heterocycles. The van der Waals surface area contributed by atoms with Crippen molar-refractivity contribution >= 4 is 17.5 Å². The lowest BCUT2D eigenvalue weighted by atomic mass is 9.94. The van der Waals surface area contributed by atoms with Crippen LogP contribution in [0.3, 0.4) is 0 Å². The first-order chi connectivity index (χ1) is 21.7. The van der Waals surface area contributed by atoms with Gasteiger partial charge in [0.2, 0.25) is 0 Å². The van der Waals surface area contributed by atoms with Crippen molar-refractivity contribution in [1.82, 2.24) is 9.80 Å². The van der Waals surface area contributed by atoms with Gasteiger partial charge in [0.1, 0.15) is 0 Å². The zero-order valence-electron chi connectivity index (χ0n) is 31.0. The fourth-order valence-electron chi connectivity index (χ4n) is 6.62. The molecule has 0 aliphatic carbocycles. The summed E-state index contributed by atoms with van der Waals surface area (Å²) in [7, 11) is 0. The molecule has 1 aromatic rings. The maximum Gasteiger partial charge on any atom is 0.255 e. The third-order valence-electron chi connectivity index (χ3n) is 10.2. The van der Waals surface area contributed by atoms with E-state index in [1.165, 1.54) is 51.4 Å². The molecule has 0 fully saturated rings. The van der Waals surface area contributed by atoms with E-state index in [-0.39, 0.29) is 11.8 Å². The lowest BCUT2D eigenvalue weighted by Crippen LogP contribution is -2.40. The van der Waals surface area contributed by atoms with Gasteiger partial charge < -0.3 is 15.5 Å². The molecule has 4 atom stereocenters. The number of carbonyl (C=O) groups is 2. The molecular formula is C40H73N3O2. The Balaban J connectivity index is 3.45. The summed E-state index contributed by atoms with van der Waals surface area (Å²) in [4.78, 5) is 32.9. The van der Waals surface area contributed by atoms with Crippen molar-refractivity contribution in [2.24, 2.45) is 23.7 Å². The van der Waals surface area contributed by atoms with Gasteiger partial charge in [0.15, 0.2) is 0 Å². The Labute approximate surface area is 279 Å². The Morgan fingerprint density at radius 1 is 0.556 bits per heavy atom. The molecule has 0 bridgehead atoms. The van der Waals surface area contributed by atoms with Crippen molar-refractivity contribution in [1.29, 1.82) is 0 Å². The second-order valence-electron chi connectivity index (χ2n) is 13.9. The Bertz CT molecular complexity index is 896. The molecule has 2 amide bonds. The first-order valence-electron chi connectivity index (χ1n) is 19.2. The second-order valence-corrected chi connectivity index (χ2v) is 13.9. The van der Waals surface area contributed by atoms with Gasteiger partial charge in [0, 0.05) is 37.4 Å². The van der Waals surface area contributed by atoms with Crippen molar-refractivity contribution in [3.05, 3.63) is 29.3 Å². The van der Waals surface area contributed by atoms with E-state index in [4.69, 9.17) is 5.73 Å². The first-order valence-corrected chi connectivity index (χ1v) is 19.2. The van der Waals surface area contributed by atoms with Crippen molar-refractivity contribution in [2.45, 2.75) is 158 Å². The minimum Gasteiger partial charge on any atom is -0.398 e. The molecule has 2 N–H and O–H groups in total. The van der Waals surface area contributed by atoms with E-state index in [2.05, 4.69) is 65.2 Å². The van der Waals surface area contributed by atoms with Gasteiger partial charge in [-0.2, -0.15) is 0 Å². The summed E-state index contributed by atoms with van der Waals surface area (Å²) in [6, 6.07) is 5.46. The lowest BCUT2D eigenvalue weighted by molar-refractivity contribution is 0.0683. The van der Waals surface area contributed by atoms with E-state index >= 15 is 0 Å². The number of hydrogen-bond donors (Lipinski definition) is 1. The van der Waals surface area contributed by atoms with E-state index in [0.29, 0.717) is 40.5 Å². The quantitative estimate of drug-likeness (QED) is 0.104. The largest absolute Gasteiger partial charge is 0.398 e. The van der Waals surface area contributed by atoms with E-state index in [1.807, 2.05) is 12.1 Å². The number of nitrogen functional groups attached to an aromatic ring is 1. The van der Waals surface area contributed by atoms with Crippen LogP contribution in [0.4, 0.5) is 5.69 Å². The molecule has 0 aliphatic rings. The topological polar surface area (TPSA) is 66.6 Å². The summed E-state index contributed by atoms with van der Waals surface area (Å²) in [5.41, 5.74) is 8.10. The molecule has 0 radical (unpaired) electrons. The summed E-state index contributed by atoms with van der Waals surface area (Å²) >= 11 is 0. The molecule has 260 valence electrons. The minimum absolute atomic E-state index is 0.0117. The van der Waals surface area contributed by atoms with Gasteiger partial charge in [0.25, 0.3) is 11.8 Å².